The number of dihydropyridines is 1. The molecule has 9 nitrogen and oxygen atoms in total. The zero-order valence-electron chi connectivity index (χ0n) is 22.6. The van der Waals surface area contributed by atoms with Gasteiger partial charge in [-0.05, 0) is 73.8 Å². The highest BCUT2D eigenvalue weighted by Gasteiger charge is 2.21. The molecule has 5 rings (SSSR count). The van der Waals surface area contributed by atoms with Crippen molar-refractivity contribution in [2.45, 2.75) is 13.0 Å². The lowest BCUT2D eigenvalue weighted by Crippen LogP contribution is -2.19. The topological polar surface area (TPSA) is 142 Å². The third-order valence-corrected chi connectivity index (χ3v) is 6.59. The number of carboxylic acid groups (broad SMARTS) is 2. The van der Waals surface area contributed by atoms with Crippen molar-refractivity contribution >= 4 is 40.5 Å². The molecule has 2 aromatic carbocycles. The molecule has 5 N–H and O–H groups in total. The van der Waals surface area contributed by atoms with Crippen molar-refractivity contribution in [3.8, 4) is 0 Å². The summed E-state index contributed by atoms with van der Waals surface area (Å²) in [5.41, 5.74) is 9.30. The van der Waals surface area contributed by atoms with Crippen LogP contribution in [0.4, 0.5) is 17.3 Å². The summed E-state index contributed by atoms with van der Waals surface area (Å²) in [5, 5.41) is 22.3. The van der Waals surface area contributed by atoms with Crippen LogP contribution in [0.2, 0.25) is 0 Å². The molecule has 3 heterocycles. The molecule has 4 aromatic rings. The maximum absolute atomic E-state index is 11.9. The number of aliphatic carboxylic acids is 1. The number of anilines is 3. The smallest absolute Gasteiger partial charge is 0.335 e. The third-order valence-electron chi connectivity index (χ3n) is 6.59. The molecule has 0 aliphatic carbocycles. The number of aromatic nitrogens is 1. The zero-order valence-corrected chi connectivity index (χ0v) is 22.6. The van der Waals surface area contributed by atoms with Gasteiger partial charge in [0.15, 0.2) is 0 Å². The summed E-state index contributed by atoms with van der Waals surface area (Å²) in [5.74, 6) is -1.09. The first-order valence-corrected chi connectivity index (χ1v) is 13.1. The van der Waals surface area contributed by atoms with Gasteiger partial charge < -0.3 is 25.7 Å². The minimum Gasteiger partial charge on any atom is -0.478 e. The van der Waals surface area contributed by atoms with Gasteiger partial charge in [-0.15, -0.1) is 0 Å². The number of hydrogen-bond donors (Lipinski definition) is 4. The number of nitrogens with one attached hydrogen (secondary N) is 1. The van der Waals surface area contributed by atoms with Crippen molar-refractivity contribution < 1.29 is 24.2 Å². The molecule has 1 unspecified atom stereocenters. The van der Waals surface area contributed by atoms with Crippen LogP contribution in [0.25, 0.3) is 11.3 Å². The molecule has 0 radical (unpaired) electrons. The first-order chi connectivity index (χ1) is 20.3. The number of allylic oxidation sites excluding steroid dienone is 3. The van der Waals surface area contributed by atoms with E-state index in [1.165, 1.54) is 24.3 Å². The van der Waals surface area contributed by atoms with Crippen LogP contribution in [0.5, 0.6) is 0 Å². The summed E-state index contributed by atoms with van der Waals surface area (Å²) >= 11 is 0. The Bertz CT molecular complexity index is 1700. The molecule has 1 atom stereocenters. The normalized spacial score (nSPS) is 15.1. The van der Waals surface area contributed by atoms with E-state index in [2.05, 4.69) is 10.3 Å². The van der Waals surface area contributed by atoms with Crippen molar-refractivity contribution in [1.82, 2.24) is 10.3 Å². The van der Waals surface area contributed by atoms with Crippen LogP contribution < -0.4 is 16.0 Å². The number of hydrogen-bond acceptors (Lipinski definition) is 7. The average molecular weight is 561 g/mol. The minimum absolute atomic E-state index is 0.0306. The van der Waals surface area contributed by atoms with Crippen LogP contribution in [0.1, 0.15) is 40.5 Å². The summed E-state index contributed by atoms with van der Waals surface area (Å²) in [4.78, 5) is 29.9. The van der Waals surface area contributed by atoms with Gasteiger partial charge in [-0.3, -0.25) is 4.90 Å². The Morgan fingerprint density at radius 3 is 2.24 bits per heavy atom. The van der Waals surface area contributed by atoms with E-state index in [9.17, 15) is 19.8 Å². The lowest BCUT2D eigenvalue weighted by Gasteiger charge is -2.22. The predicted molar refractivity (Wildman–Crippen MR) is 161 cm³/mol. The number of carbonyl (C=O) groups is 2. The molecule has 9 heteroatoms. The highest BCUT2D eigenvalue weighted by molar-refractivity contribution is 5.93. The number of nitrogens with two attached hydrogens (primary N) is 1. The first-order valence-electron chi connectivity index (χ1n) is 13.1. The highest BCUT2D eigenvalue weighted by atomic mass is 16.4. The molecule has 210 valence electrons. The molecule has 0 bridgehead atoms. The second-order valence-corrected chi connectivity index (χ2v) is 9.36. The summed E-state index contributed by atoms with van der Waals surface area (Å²) < 4.78 is 6.35. The summed E-state index contributed by atoms with van der Waals surface area (Å²) in [6.07, 6.45) is 8.13. The molecular formula is C33H28N4O5. The molecule has 0 amide bonds. The SMILES string of the molecule is C/C=C(\C=C(/N)c1cc(C(=O)O)cc(C2C=C(c3ccc(N(c4ccccc4)c4ccccc4)o3)C=CN2)n1)C(=O)O. The van der Waals surface area contributed by atoms with Gasteiger partial charge in [-0.1, -0.05) is 42.5 Å². The fraction of sp³-hybridized carbons (Fsp3) is 0.0606. The van der Waals surface area contributed by atoms with Gasteiger partial charge in [0.1, 0.15) is 5.76 Å². The number of aromatic carboxylic acids is 1. The Morgan fingerprint density at radius 1 is 0.976 bits per heavy atom. The van der Waals surface area contributed by atoms with Crippen molar-refractivity contribution in [2.24, 2.45) is 5.73 Å². The van der Waals surface area contributed by atoms with E-state index in [1.807, 2.05) is 89.8 Å². The second-order valence-electron chi connectivity index (χ2n) is 9.36. The Labute approximate surface area is 242 Å². The van der Waals surface area contributed by atoms with E-state index in [0.29, 0.717) is 17.3 Å². The van der Waals surface area contributed by atoms with Gasteiger partial charge in [-0.2, -0.15) is 0 Å². The summed E-state index contributed by atoms with van der Waals surface area (Å²) in [6, 6.07) is 25.8. The number of rotatable bonds is 9. The van der Waals surface area contributed by atoms with Gasteiger partial charge in [0.05, 0.1) is 34.3 Å². The maximum Gasteiger partial charge on any atom is 0.335 e. The van der Waals surface area contributed by atoms with Crippen LogP contribution in [0.15, 0.2) is 125 Å². The number of carboxylic acids is 2. The van der Waals surface area contributed by atoms with E-state index in [1.54, 1.807) is 13.1 Å². The van der Waals surface area contributed by atoms with Gasteiger partial charge in [0, 0.05) is 23.0 Å². The number of nitrogens with zero attached hydrogens (tertiary/aromatic N) is 2. The lowest BCUT2D eigenvalue weighted by atomic mass is 10.0. The van der Waals surface area contributed by atoms with Crippen LogP contribution >= 0.6 is 0 Å². The monoisotopic (exact) mass is 560 g/mol. The summed E-state index contributed by atoms with van der Waals surface area (Å²) in [7, 11) is 0. The fourth-order valence-electron chi connectivity index (χ4n) is 4.51. The van der Waals surface area contributed by atoms with Crippen molar-refractivity contribution in [2.75, 3.05) is 4.90 Å². The molecular weight excluding hydrogens is 532 g/mol. The number of furan rings is 1. The third kappa shape index (κ3) is 6.00. The Balaban J connectivity index is 1.50. The summed E-state index contributed by atoms with van der Waals surface area (Å²) in [6.45, 7) is 1.57. The lowest BCUT2D eigenvalue weighted by molar-refractivity contribution is -0.132. The van der Waals surface area contributed by atoms with Crippen molar-refractivity contribution in [1.29, 1.82) is 0 Å². The molecule has 1 aliphatic heterocycles. The van der Waals surface area contributed by atoms with Crippen LogP contribution in [-0.4, -0.2) is 27.1 Å². The largest absolute Gasteiger partial charge is 0.478 e. The fourth-order valence-corrected chi connectivity index (χ4v) is 4.51. The van der Waals surface area contributed by atoms with E-state index in [0.717, 1.165) is 16.9 Å². The van der Waals surface area contributed by atoms with Gasteiger partial charge in [-0.25, -0.2) is 14.6 Å². The minimum atomic E-state index is -1.16. The maximum atomic E-state index is 11.9. The van der Waals surface area contributed by atoms with Crippen LogP contribution in [-0.2, 0) is 4.79 Å². The van der Waals surface area contributed by atoms with Crippen LogP contribution in [0, 0.1) is 0 Å². The molecule has 0 saturated heterocycles. The van der Waals surface area contributed by atoms with Crippen molar-refractivity contribution in [3.05, 3.63) is 144 Å². The van der Waals surface area contributed by atoms with Gasteiger partial charge in [0.2, 0.25) is 5.88 Å². The van der Waals surface area contributed by atoms with Crippen molar-refractivity contribution in [3.63, 3.8) is 0 Å². The average Bonchev–Trinajstić information content (AvgIpc) is 3.50. The molecule has 2 aromatic heterocycles. The molecule has 1 aliphatic rings. The van der Waals surface area contributed by atoms with E-state index < -0.39 is 18.0 Å². The van der Waals surface area contributed by atoms with Gasteiger partial charge in [0.25, 0.3) is 0 Å². The molecule has 42 heavy (non-hydrogen) atoms. The second kappa shape index (κ2) is 12.1. The van der Waals surface area contributed by atoms with E-state index >= 15 is 0 Å². The number of pyridine rings is 1. The Morgan fingerprint density at radius 2 is 1.64 bits per heavy atom. The van der Waals surface area contributed by atoms with Crippen LogP contribution in [0.3, 0.4) is 0 Å². The Kier molecular flexibility index (Phi) is 8.01. The quantitative estimate of drug-likeness (QED) is 0.135. The molecule has 0 spiro atoms. The molecule has 0 fully saturated rings. The standard InChI is InChI=1S/C33H28N4O5/c1-2-21(32(38)39)17-26(34)27-19-23(33(40)41)20-29(36-27)28-18-22(15-16-35-28)30-13-14-31(42-30)37(24-9-5-3-6-10-24)25-11-7-4-8-12-25/h2-20,28,35H,34H2,1H3,(H,38,39)(H,40,41)/b21-2+,26-17-. The Hall–Kier alpha value is -5.83. The van der Waals surface area contributed by atoms with Gasteiger partial charge >= 0.3 is 11.9 Å². The number of benzene rings is 2. The first kappa shape index (κ1) is 27.7. The van der Waals surface area contributed by atoms with E-state index in [-0.39, 0.29) is 22.5 Å². The zero-order chi connectivity index (χ0) is 29.6. The molecule has 0 saturated carbocycles. The predicted octanol–water partition coefficient (Wildman–Crippen LogP) is 6.41. The van der Waals surface area contributed by atoms with E-state index in [4.69, 9.17) is 10.2 Å². The number of para-hydroxylation sites is 2. The highest BCUT2D eigenvalue weighted by Crippen LogP contribution is 2.37.